The molecular weight excluding hydrogens is 402 g/mol. The first-order valence-electron chi connectivity index (χ1n) is 5.52. The van der Waals surface area contributed by atoms with Gasteiger partial charge in [0, 0.05) is 13.1 Å². The maximum Gasteiger partial charge on any atom is 3.00 e. The molecule has 125 valence electrons. The molecule has 1 radical (unpaired) electrons. The molecule has 0 spiro atoms. The summed E-state index contributed by atoms with van der Waals surface area (Å²) in [7, 11) is 0. The van der Waals surface area contributed by atoms with Crippen LogP contribution in [-0.2, 0) is 59.4 Å². The molecule has 1 fully saturated rings. The van der Waals surface area contributed by atoms with Gasteiger partial charge in [-0.3, -0.25) is 0 Å². The van der Waals surface area contributed by atoms with Gasteiger partial charge in [0.25, 0.3) is 0 Å². The van der Waals surface area contributed by atoms with Crippen molar-refractivity contribution in [3.63, 3.8) is 0 Å². The molecule has 21 heavy (non-hydrogen) atoms. The summed E-state index contributed by atoms with van der Waals surface area (Å²) in [4.78, 5) is 26.7. The topological polar surface area (TPSA) is 125 Å². The molecule has 0 bridgehead atoms. The zero-order valence-electron chi connectivity index (χ0n) is 11.3. The number of hydrogen-bond acceptors (Lipinski definition) is 7. The van der Waals surface area contributed by atoms with Gasteiger partial charge >= 0.3 is 34.1 Å². The van der Waals surface area contributed by atoms with Crippen LogP contribution in [0.1, 0.15) is 6.42 Å². The largest absolute Gasteiger partial charge is 3.00 e. The molecule has 0 saturated carbocycles. The Balaban J connectivity index is -0.0000000951. The fourth-order valence-electron chi connectivity index (χ4n) is 1.73. The minimum atomic E-state index is 0. The molecule has 0 aliphatic carbocycles. The third-order valence-electron chi connectivity index (χ3n) is 2.50. The molecule has 1 aliphatic heterocycles. The van der Waals surface area contributed by atoms with Crippen molar-refractivity contribution in [2.24, 2.45) is 0 Å². The van der Waals surface area contributed by atoms with Crippen LogP contribution in [0.3, 0.4) is 0 Å². The molecule has 8 nitrogen and oxygen atoms in total. The van der Waals surface area contributed by atoms with Crippen LogP contribution >= 0.6 is 0 Å². The van der Waals surface area contributed by atoms with Crippen LogP contribution in [-0.4, -0.2) is 60.6 Å². The second-order valence-corrected chi connectivity index (χ2v) is 4.26. The molecule has 0 unspecified atom stereocenters. The van der Waals surface area contributed by atoms with Gasteiger partial charge in [-0.05, 0) is 32.6 Å². The van der Waals surface area contributed by atoms with Gasteiger partial charge in [-0.2, -0.15) is 11.5 Å². The summed E-state index contributed by atoms with van der Waals surface area (Å²) in [5, 5.41) is 0. The third kappa shape index (κ3) is 22.9. The molecule has 0 amide bonds. The quantitative estimate of drug-likeness (QED) is 0.492. The van der Waals surface area contributed by atoms with E-state index in [1.54, 1.807) is 0 Å². The van der Waals surface area contributed by atoms with Crippen LogP contribution in [0.2, 0.25) is 0 Å². The van der Waals surface area contributed by atoms with Gasteiger partial charge in [-0.25, -0.2) is 0 Å². The average molecular weight is 420 g/mol. The smallest absolute Gasteiger partial charge is 0.791 e. The Kier molecular flexibility index (Phi) is 51.2. The van der Waals surface area contributed by atoms with E-state index in [0.717, 1.165) is 24.6 Å². The Morgan fingerprint density at radius 1 is 0.714 bits per heavy atom. The summed E-state index contributed by atoms with van der Waals surface area (Å²) in [6.07, 6.45) is 1.27. The van der Waals surface area contributed by atoms with Crippen LogP contribution in [0.4, 0.5) is 0 Å². The normalized spacial score (nSPS) is 14.0. The maximum absolute atomic E-state index is 7.25. The fourth-order valence-corrected chi connectivity index (χ4v) is 2.25. The van der Waals surface area contributed by atoms with Gasteiger partial charge in [-0.15, -0.1) is 0 Å². The molecule has 1 aliphatic rings. The third-order valence-corrected chi connectivity index (χ3v) is 2.86. The van der Waals surface area contributed by atoms with Crippen LogP contribution in [0.5, 0.6) is 0 Å². The van der Waals surface area contributed by atoms with Gasteiger partial charge in [-0.1, -0.05) is 0 Å². The van der Waals surface area contributed by atoms with E-state index in [0.29, 0.717) is 0 Å². The van der Waals surface area contributed by atoms with Crippen molar-refractivity contribution in [1.82, 2.24) is 9.80 Å². The van der Waals surface area contributed by atoms with Gasteiger partial charge < -0.3 is 66.6 Å². The van der Waals surface area contributed by atoms with E-state index in [-0.39, 0.29) is 34.1 Å². The molecule has 0 aromatic heterocycles. The first-order valence-corrected chi connectivity index (χ1v) is 6.68. The molecule has 1 saturated heterocycles. The molecule has 0 N–H and O–H groups in total. The van der Waals surface area contributed by atoms with Crippen molar-refractivity contribution in [2.75, 3.05) is 50.8 Å². The molecule has 12 heteroatoms. The standard InChI is InChI=1S/C9H20N2S2.2Fe.3NO/c12-8-6-10-2-1-3-11(5-4-10)7-9-13;;;3*1-2/h12-13H,1-9H2;;;;;/q;+2;+3;3*-1/p-2. The SMILES string of the molecule is [Fe+2].[Fe+3].[N-]=O.[N-]=O.[N-]=O.[S-]CCN1CCCN(CC[S-])CC1. The van der Waals surface area contributed by atoms with E-state index in [4.69, 9.17) is 56.8 Å². The van der Waals surface area contributed by atoms with Gasteiger partial charge in [0.15, 0.2) is 0 Å². The summed E-state index contributed by atoms with van der Waals surface area (Å²) in [6, 6.07) is 0. The number of rotatable bonds is 4. The molecule has 1 heterocycles. The van der Waals surface area contributed by atoms with Crippen molar-refractivity contribution in [1.29, 1.82) is 0 Å². The molecule has 1 rings (SSSR count). The van der Waals surface area contributed by atoms with Crippen molar-refractivity contribution >= 4 is 25.3 Å². The van der Waals surface area contributed by atoms with Crippen molar-refractivity contribution < 1.29 is 34.1 Å². The summed E-state index contributed by atoms with van der Waals surface area (Å²) in [6.45, 7) is 6.93. The van der Waals surface area contributed by atoms with E-state index in [1.165, 1.54) is 32.6 Å². The van der Waals surface area contributed by atoms with E-state index in [1.807, 2.05) is 0 Å². The predicted octanol–water partition coefficient (Wildman–Crippen LogP) is 1.05. The summed E-state index contributed by atoms with van der Waals surface area (Å²) in [5.74, 6) is 1.72. The van der Waals surface area contributed by atoms with Gasteiger partial charge in [0.05, 0.1) is 0 Å². The maximum atomic E-state index is 7.25. The molecule has 0 aromatic rings. The number of hydrogen-bond donors (Lipinski definition) is 0. The Hall–Kier alpha value is 0.459. The van der Waals surface area contributed by atoms with Gasteiger partial charge in [0.1, 0.15) is 0 Å². The van der Waals surface area contributed by atoms with E-state index >= 15 is 0 Å². The average Bonchev–Trinajstić information content (AvgIpc) is 2.72. The molecule has 0 aromatic carbocycles. The summed E-state index contributed by atoms with van der Waals surface area (Å²) < 4.78 is 0. The Morgan fingerprint density at radius 3 is 1.24 bits per heavy atom. The number of nitrogens with zero attached hydrogens (tertiary/aromatic N) is 5. The Bertz CT molecular complexity index is 175. The van der Waals surface area contributed by atoms with Crippen molar-refractivity contribution in [2.45, 2.75) is 6.42 Å². The predicted molar refractivity (Wildman–Crippen MR) is 82.1 cm³/mol. The second kappa shape index (κ2) is 32.4. The zero-order chi connectivity index (χ0) is 15.5. The monoisotopic (exact) mass is 420 g/mol. The van der Waals surface area contributed by atoms with E-state index in [9.17, 15) is 0 Å². The minimum Gasteiger partial charge on any atom is -0.791 e. The van der Waals surface area contributed by atoms with Crippen LogP contribution < -0.4 is 0 Å². The number of nitroso groups, excluding NO2 is 3. The van der Waals surface area contributed by atoms with E-state index < -0.39 is 0 Å². The first kappa shape index (κ1) is 33.2. The molecule has 0 atom stereocenters. The van der Waals surface area contributed by atoms with Crippen LogP contribution in [0.25, 0.3) is 16.8 Å². The summed E-state index contributed by atoms with van der Waals surface area (Å²) in [5.41, 5.74) is 17.2. The Labute approximate surface area is 157 Å². The zero-order valence-corrected chi connectivity index (χ0v) is 15.2. The first-order chi connectivity index (χ1) is 9.36. The van der Waals surface area contributed by atoms with Crippen LogP contribution in [0, 0.1) is 14.7 Å². The van der Waals surface area contributed by atoms with Crippen molar-refractivity contribution in [3.05, 3.63) is 31.5 Å². The fraction of sp³-hybridized carbons (Fsp3) is 1.00. The van der Waals surface area contributed by atoms with Crippen LogP contribution in [0.15, 0.2) is 0 Å². The van der Waals surface area contributed by atoms with E-state index in [2.05, 4.69) is 9.80 Å². The Morgan fingerprint density at radius 2 is 1.00 bits per heavy atom. The van der Waals surface area contributed by atoms with Crippen molar-refractivity contribution in [3.8, 4) is 0 Å². The second-order valence-electron chi connectivity index (χ2n) is 3.45. The minimum absolute atomic E-state index is 0. The molecular formula is C9H18Fe2N5O3S2. The van der Waals surface area contributed by atoms with Gasteiger partial charge in [0.2, 0.25) is 0 Å². The summed E-state index contributed by atoms with van der Waals surface area (Å²) >= 11 is 9.97.